The summed E-state index contributed by atoms with van der Waals surface area (Å²) in [7, 11) is 0. The van der Waals surface area contributed by atoms with Crippen molar-refractivity contribution in [3.8, 4) is 11.3 Å². The summed E-state index contributed by atoms with van der Waals surface area (Å²) in [5, 5.41) is 0. The second kappa shape index (κ2) is 3.89. The third-order valence-electron chi connectivity index (χ3n) is 2.00. The summed E-state index contributed by atoms with van der Waals surface area (Å²) in [4.78, 5) is 4.28. The molecule has 3 nitrogen and oxygen atoms in total. The second-order valence-electron chi connectivity index (χ2n) is 2.94. The number of anilines is 1. The molecule has 0 aliphatic heterocycles. The van der Waals surface area contributed by atoms with Crippen LogP contribution < -0.4 is 11.3 Å². The van der Waals surface area contributed by atoms with E-state index in [0.29, 0.717) is 0 Å². The molecule has 0 radical (unpaired) electrons. The van der Waals surface area contributed by atoms with Crippen LogP contribution in [0, 0.1) is 0 Å². The van der Waals surface area contributed by atoms with E-state index in [1.54, 1.807) is 6.20 Å². The monoisotopic (exact) mass is 185 g/mol. The van der Waals surface area contributed by atoms with Crippen LogP contribution in [0.5, 0.6) is 0 Å². The van der Waals surface area contributed by atoms with Crippen LogP contribution in [-0.4, -0.2) is 4.98 Å². The first-order valence-corrected chi connectivity index (χ1v) is 4.38. The number of hydrazine groups is 1. The van der Waals surface area contributed by atoms with Gasteiger partial charge in [0, 0.05) is 5.56 Å². The van der Waals surface area contributed by atoms with Crippen LogP contribution in [0.25, 0.3) is 11.3 Å². The summed E-state index contributed by atoms with van der Waals surface area (Å²) in [5.74, 6) is 5.25. The molecule has 1 aromatic heterocycles. The molecule has 0 spiro atoms. The molecule has 0 bridgehead atoms. The van der Waals surface area contributed by atoms with Crippen LogP contribution in [0.4, 0.5) is 5.69 Å². The molecule has 3 N–H and O–H groups in total. The van der Waals surface area contributed by atoms with Gasteiger partial charge in [-0.05, 0) is 12.1 Å². The predicted molar refractivity (Wildman–Crippen MR) is 57.5 cm³/mol. The Balaban J connectivity index is 2.34. The van der Waals surface area contributed by atoms with E-state index in [1.807, 2.05) is 42.5 Å². The minimum atomic E-state index is 0.810. The van der Waals surface area contributed by atoms with E-state index < -0.39 is 0 Å². The quantitative estimate of drug-likeness (QED) is 0.556. The maximum Gasteiger partial charge on any atom is 0.0703 e. The normalized spacial score (nSPS) is 9.79. The minimum absolute atomic E-state index is 0.810. The molecule has 0 saturated heterocycles. The van der Waals surface area contributed by atoms with Crippen molar-refractivity contribution in [1.29, 1.82) is 0 Å². The zero-order valence-electron chi connectivity index (χ0n) is 7.64. The van der Waals surface area contributed by atoms with Crippen molar-refractivity contribution in [2.45, 2.75) is 0 Å². The molecule has 1 heterocycles. The highest BCUT2D eigenvalue weighted by atomic mass is 15.2. The van der Waals surface area contributed by atoms with Crippen LogP contribution in [0.3, 0.4) is 0 Å². The van der Waals surface area contributed by atoms with Gasteiger partial charge in [0.1, 0.15) is 0 Å². The fourth-order valence-corrected chi connectivity index (χ4v) is 1.26. The highest BCUT2D eigenvalue weighted by molar-refractivity contribution is 5.60. The summed E-state index contributed by atoms with van der Waals surface area (Å²) >= 11 is 0. The van der Waals surface area contributed by atoms with Gasteiger partial charge in [-0.3, -0.25) is 10.8 Å². The van der Waals surface area contributed by atoms with Gasteiger partial charge in [-0.2, -0.15) is 0 Å². The Labute approximate surface area is 82.6 Å². The lowest BCUT2D eigenvalue weighted by Gasteiger charge is -2.02. The molecule has 2 aromatic rings. The molecular formula is C11H11N3. The minimum Gasteiger partial charge on any atom is -0.323 e. The third-order valence-corrected chi connectivity index (χ3v) is 2.00. The molecule has 0 saturated carbocycles. The maximum absolute atomic E-state index is 5.25. The van der Waals surface area contributed by atoms with Crippen LogP contribution in [0.2, 0.25) is 0 Å². The molecule has 0 aliphatic rings. The van der Waals surface area contributed by atoms with Crippen LogP contribution in [-0.2, 0) is 0 Å². The Morgan fingerprint density at radius 2 is 1.79 bits per heavy atom. The third kappa shape index (κ3) is 1.72. The van der Waals surface area contributed by atoms with Crippen molar-refractivity contribution < 1.29 is 0 Å². The predicted octanol–water partition coefficient (Wildman–Crippen LogP) is 2.03. The first-order chi connectivity index (χ1) is 6.90. The number of nitrogens with zero attached hydrogens (tertiary/aromatic N) is 1. The van der Waals surface area contributed by atoms with Gasteiger partial charge in [0.05, 0.1) is 17.6 Å². The first-order valence-electron chi connectivity index (χ1n) is 4.38. The van der Waals surface area contributed by atoms with Crippen molar-refractivity contribution in [1.82, 2.24) is 4.98 Å². The zero-order chi connectivity index (χ0) is 9.80. The lowest BCUT2D eigenvalue weighted by molar-refractivity contribution is 1.27. The summed E-state index contributed by atoms with van der Waals surface area (Å²) in [6.07, 6.45) is 1.71. The first kappa shape index (κ1) is 8.72. The molecule has 70 valence electrons. The fraction of sp³-hybridized carbons (Fsp3) is 0. The van der Waals surface area contributed by atoms with Crippen molar-refractivity contribution in [3.05, 3.63) is 48.7 Å². The molecule has 0 fully saturated rings. The molecule has 14 heavy (non-hydrogen) atoms. The van der Waals surface area contributed by atoms with E-state index in [2.05, 4.69) is 10.4 Å². The number of rotatable bonds is 2. The lowest BCUT2D eigenvalue weighted by Crippen LogP contribution is -2.06. The number of nitrogens with two attached hydrogens (primary N) is 1. The Bertz CT molecular complexity index is 395. The highest BCUT2D eigenvalue weighted by Crippen LogP contribution is 2.17. The van der Waals surface area contributed by atoms with Crippen molar-refractivity contribution in [2.24, 2.45) is 5.84 Å². The molecule has 2 rings (SSSR count). The van der Waals surface area contributed by atoms with Gasteiger partial charge in [-0.25, -0.2) is 0 Å². The Hall–Kier alpha value is -1.87. The molecule has 3 heteroatoms. The molecule has 0 amide bonds. The highest BCUT2D eigenvalue weighted by Gasteiger charge is 1.96. The smallest absolute Gasteiger partial charge is 0.0703 e. The van der Waals surface area contributed by atoms with Gasteiger partial charge in [-0.15, -0.1) is 0 Å². The average molecular weight is 185 g/mol. The number of pyridine rings is 1. The second-order valence-corrected chi connectivity index (χ2v) is 2.94. The van der Waals surface area contributed by atoms with E-state index in [4.69, 9.17) is 5.84 Å². The van der Waals surface area contributed by atoms with E-state index in [1.165, 1.54) is 0 Å². The maximum atomic E-state index is 5.25. The molecule has 0 aliphatic carbocycles. The summed E-state index contributed by atoms with van der Waals surface area (Å²) in [5.41, 5.74) is 5.41. The van der Waals surface area contributed by atoms with Crippen LogP contribution in [0.15, 0.2) is 48.7 Å². The number of hydrogen-bond donors (Lipinski definition) is 2. The number of nitrogens with one attached hydrogen (secondary N) is 1. The van der Waals surface area contributed by atoms with Crippen LogP contribution in [0.1, 0.15) is 0 Å². The van der Waals surface area contributed by atoms with E-state index in [-0.39, 0.29) is 0 Å². The molecule has 0 atom stereocenters. The number of aromatic nitrogens is 1. The van der Waals surface area contributed by atoms with Gasteiger partial charge in [0.2, 0.25) is 0 Å². The standard InChI is InChI=1S/C11H11N3/c12-14-10-6-7-11(13-8-10)9-4-2-1-3-5-9/h1-8,14H,12H2. The Morgan fingerprint density at radius 3 is 2.36 bits per heavy atom. The Morgan fingerprint density at radius 1 is 1.00 bits per heavy atom. The fourth-order valence-electron chi connectivity index (χ4n) is 1.26. The van der Waals surface area contributed by atoms with Gasteiger partial charge in [0.25, 0.3) is 0 Å². The SMILES string of the molecule is NNc1ccc(-c2ccccc2)nc1. The number of nitrogen functional groups attached to an aromatic ring is 1. The summed E-state index contributed by atoms with van der Waals surface area (Å²) < 4.78 is 0. The van der Waals surface area contributed by atoms with E-state index >= 15 is 0 Å². The largest absolute Gasteiger partial charge is 0.323 e. The van der Waals surface area contributed by atoms with Gasteiger partial charge in [-0.1, -0.05) is 30.3 Å². The van der Waals surface area contributed by atoms with E-state index in [9.17, 15) is 0 Å². The molecular weight excluding hydrogens is 174 g/mol. The van der Waals surface area contributed by atoms with Crippen molar-refractivity contribution in [2.75, 3.05) is 5.43 Å². The van der Waals surface area contributed by atoms with Crippen molar-refractivity contribution in [3.63, 3.8) is 0 Å². The van der Waals surface area contributed by atoms with Crippen LogP contribution >= 0.6 is 0 Å². The Kier molecular flexibility index (Phi) is 2.42. The summed E-state index contributed by atoms with van der Waals surface area (Å²) in [6.45, 7) is 0. The number of hydrogen-bond acceptors (Lipinski definition) is 3. The topological polar surface area (TPSA) is 50.9 Å². The van der Waals surface area contributed by atoms with Gasteiger partial charge < -0.3 is 5.43 Å². The lowest BCUT2D eigenvalue weighted by atomic mass is 10.1. The van der Waals surface area contributed by atoms with Crippen molar-refractivity contribution >= 4 is 5.69 Å². The van der Waals surface area contributed by atoms with E-state index in [0.717, 1.165) is 16.9 Å². The van der Waals surface area contributed by atoms with Gasteiger partial charge >= 0.3 is 0 Å². The average Bonchev–Trinajstić information content (AvgIpc) is 2.30. The zero-order valence-corrected chi connectivity index (χ0v) is 7.64. The van der Waals surface area contributed by atoms with Gasteiger partial charge in [0.15, 0.2) is 0 Å². The molecule has 0 unspecified atom stereocenters. The summed E-state index contributed by atoms with van der Waals surface area (Å²) in [6, 6.07) is 13.9. The number of benzene rings is 1. The molecule has 1 aromatic carbocycles.